The van der Waals surface area contributed by atoms with Crippen LogP contribution in [0, 0.1) is 11.8 Å². The molecule has 6 nitrogen and oxygen atoms in total. The quantitative estimate of drug-likeness (QED) is 0.330. The largest absolute Gasteiger partial charge is 0.454 e. The van der Waals surface area contributed by atoms with E-state index in [9.17, 15) is 4.79 Å². The number of furan rings is 1. The minimum Gasteiger partial charge on any atom is -0.454 e. The number of nitrogens with two attached hydrogens (primary N) is 1. The van der Waals surface area contributed by atoms with E-state index in [1.807, 2.05) is 6.92 Å². The van der Waals surface area contributed by atoms with E-state index in [1.54, 1.807) is 12.1 Å². The van der Waals surface area contributed by atoms with E-state index in [2.05, 4.69) is 22.5 Å². The number of hydrogen-bond donors (Lipinski definition) is 3. The number of nitrogens with zero attached hydrogens (tertiary/aromatic N) is 1. The molecular weight excluding hydrogens is 431 g/mol. The van der Waals surface area contributed by atoms with E-state index in [4.69, 9.17) is 10.2 Å². The normalized spacial score (nSPS) is 20.6. The number of guanidine groups is 1. The zero-order valence-electron chi connectivity index (χ0n) is 15.2. The molecule has 1 aliphatic rings. The molecule has 2 unspecified atom stereocenters. The lowest BCUT2D eigenvalue weighted by Crippen LogP contribution is -2.38. The fraction of sp³-hybridized carbons (Fsp3) is 0.667. The van der Waals surface area contributed by atoms with E-state index in [0.717, 1.165) is 30.9 Å². The molecule has 1 aliphatic carbocycles. The van der Waals surface area contributed by atoms with E-state index < -0.39 is 5.91 Å². The van der Waals surface area contributed by atoms with Gasteiger partial charge in [0.2, 0.25) is 0 Å². The van der Waals surface area contributed by atoms with Gasteiger partial charge in [0, 0.05) is 13.1 Å². The summed E-state index contributed by atoms with van der Waals surface area (Å²) < 4.78 is 5.35. The molecule has 1 amide bonds. The fourth-order valence-electron chi connectivity index (χ4n) is 3.31. The molecule has 0 spiro atoms. The Kier molecular flexibility index (Phi) is 9.92. The average molecular weight is 462 g/mol. The van der Waals surface area contributed by atoms with Crippen LogP contribution in [0.3, 0.4) is 0 Å². The summed E-state index contributed by atoms with van der Waals surface area (Å²) in [6.07, 6.45) is 6.62. The second-order valence-electron chi connectivity index (χ2n) is 6.68. The highest BCUT2D eigenvalue weighted by Gasteiger charge is 2.18. The third-order valence-corrected chi connectivity index (χ3v) is 4.53. The summed E-state index contributed by atoms with van der Waals surface area (Å²) in [7, 11) is 0. The number of rotatable bonds is 7. The summed E-state index contributed by atoms with van der Waals surface area (Å²) in [5.74, 6) is 2.71. The van der Waals surface area contributed by atoms with Crippen molar-refractivity contribution in [1.29, 1.82) is 0 Å². The van der Waals surface area contributed by atoms with Gasteiger partial charge < -0.3 is 20.8 Å². The Balaban J connectivity index is 0.00000312. The number of nitrogens with one attached hydrogen (secondary N) is 2. The van der Waals surface area contributed by atoms with E-state index in [1.165, 1.54) is 32.1 Å². The van der Waals surface area contributed by atoms with Gasteiger partial charge in [0.15, 0.2) is 11.7 Å². The Morgan fingerprint density at radius 3 is 2.80 bits per heavy atom. The highest BCUT2D eigenvalue weighted by Crippen LogP contribution is 2.30. The van der Waals surface area contributed by atoms with Gasteiger partial charge in [-0.2, -0.15) is 0 Å². The molecule has 2 atom stereocenters. The van der Waals surface area contributed by atoms with Crippen molar-refractivity contribution in [2.24, 2.45) is 22.6 Å². The molecule has 2 rings (SSSR count). The van der Waals surface area contributed by atoms with E-state index in [-0.39, 0.29) is 29.7 Å². The highest BCUT2D eigenvalue weighted by molar-refractivity contribution is 14.0. The molecule has 0 aliphatic heterocycles. The van der Waals surface area contributed by atoms with E-state index in [0.29, 0.717) is 12.3 Å². The number of hydrogen-bond acceptors (Lipinski definition) is 3. The van der Waals surface area contributed by atoms with Crippen LogP contribution in [0.25, 0.3) is 0 Å². The summed E-state index contributed by atoms with van der Waals surface area (Å²) in [4.78, 5) is 15.5. The molecule has 0 aromatic carbocycles. The molecular formula is C18H31IN4O2. The van der Waals surface area contributed by atoms with Crippen LogP contribution in [-0.4, -0.2) is 25.0 Å². The Morgan fingerprint density at radius 2 is 2.16 bits per heavy atom. The molecule has 4 N–H and O–H groups in total. The van der Waals surface area contributed by atoms with Crippen molar-refractivity contribution in [3.63, 3.8) is 0 Å². The van der Waals surface area contributed by atoms with Crippen molar-refractivity contribution in [2.45, 2.75) is 52.5 Å². The smallest absolute Gasteiger partial charge is 0.284 e. The lowest BCUT2D eigenvalue weighted by molar-refractivity contribution is 0.0972. The number of amides is 1. The number of carbonyl (C=O) groups excluding carboxylic acids is 1. The van der Waals surface area contributed by atoms with Gasteiger partial charge in [0.1, 0.15) is 12.3 Å². The fourth-order valence-corrected chi connectivity index (χ4v) is 3.31. The zero-order valence-corrected chi connectivity index (χ0v) is 17.5. The predicted octanol–water partition coefficient (Wildman–Crippen LogP) is 3.27. The van der Waals surface area contributed by atoms with Crippen molar-refractivity contribution in [3.05, 3.63) is 23.7 Å². The Labute approximate surface area is 167 Å². The lowest BCUT2D eigenvalue weighted by atomic mass is 9.81. The van der Waals surface area contributed by atoms with Crippen molar-refractivity contribution < 1.29 is 9.21 Å². The first kappa shape index (κ1) is 21.8. The molecule has 1 fully saturated rings. The standard InChI is InChI=1S/C18H30N4O2.HI/c1-3-20-18(21-10-9-14-6-4-5-13(2)11-14)22-12-15-7-8-16(24-15)17(19)23;/h7-8,13-14H,3-6,9-12H2,1-2H3,(H2,19,23)(H2,20,21,22);1H. The minimum atomic E-state index is -0.558. The van der Waals surface area contributed by atoms with Crippen molar-refractivity contribution in [3.8, 4) is 0 Å². The van der Waals surface area contributed by atoms with Crippen LogP contribution < -0.4 is 16.4 Å². The first-order valence-electron chi connectivity index (χ1n) is 8.99. The van der Waals surface area contributed by atoms with Gasteiger partial charge in [-0.05, 0) is 43.7 Å². The van der Waals surface area contributed by atoms with Crippen LogP contribution in [0.15, 0.2) is 21.5 Å². The molecule has 25 heavy (non-hydrogen) atoms. The molecule has 1 aromatic rings. The monoisotopic (exact) mass is 462 g/mol. The number of halogens is 1. The molecule has 7 heteroatoms. The first-order valence-corrected chi connectivity index (χ1v) is 8.99. The number of aliphatic imine (C=N–C) groups is 1. The van der Waals surface area contributed by atoms with Gasteiger partial charge in [-0.3, -0.25) is 4.79 Å². The third kappa shape index (κ3) is 7.66. The third-order valence-electron chi connectivity index (χ3n) is 4.53. The number of carbonyl (C=O) groups is 1. The van der Waals surface area contributed by atoms with Crippen LogP contribution >= 0.6 is 24.0 Å². The van der Waals surface area contributed by atoms with Gasteiger partial charge in [0.05, 0.1) is 0 Å². The maximum Gasteiger partial charge on any atom is 0.284 e. The van der Waals surface area contributed by atoms with Crippen LogP contribution in [-0.2, 0) is 6.54 Å². The minimum absolute atomic E-state index is 0. The van der Waals surface area contributed by atoms with Crippen molar-refractivity contribution >= 4 is 35.8 Å². The van der Waals surface area contributed by atoms with Gasteiger partial charge >= 0.3 is 0 Å². The van der Waals surface area contributed by atoms with Gasteiger partial charge in [-0.1, -0.05) is 26.2 Å². The topological polar surface area (TPSA) is 92.6 Å². The van der Waals surface area contributed by atoms with Crippen molar-refractivity contribution in [2.75, 3.05) is 13.1 Å². The number of primary amides is 1. The summed E-state index contributed by atoms with van der Waals surface area (Å²) in [6, 6.07) is 3.31. The Hall–Kier alpha value is -1.25. The molecule has 1 aromatic heterocycles. The second kappa shape index (κ2) is 11.4. The van der Waals surface area contributed by atoms with E-state index >= 15 is 0 Å². The summed E-state index contributed by atoms with van der Waals surface area (Å²) >= 11 is 0. The summed E-state index contributed by atoms with van der Waals surface area (Å²) in [5, 5.41) is 6.62. The van der Waals surface area contributed by atoms with Crippen LogP contribution in [0.5, 0.6) is 0 Å². The van der Waals surface area contributed by atoms with Crippen molar-refractivity contribution in [1.82, 2.24) is 10.6 Å². The summed E-state index contributed by atoms with van der Waals surface area (Å²) in [6.45, 7) is 6.50. The molecule has 1 saturated carbocycles. The Bertz CT molecular complexity index is 559. The lowest BCUT2D eigenvalue weighted by Gasteiger charge is -2.26. The molecule has 0 bridgehead atoms. The molecule has 0 radical (unpaired) electrons. The predicted molar refractivity (Wildman–Crippen MR) is 111 cm³/mol. The maximum atomic E-state index is 11.0. The molecule has 142 valence electrons. The molecule has 1 heterocycles. The van der Waals surface area contributed by atoms with Gasteiger partial charge in [-0.25, -0.2) is 4.99 Å². The molecule has 0 saturated heterocycles. The summed E-state index contributed by atoms with van der Waals surface area (Å²) in [5.41, 5.74) is 5.18. The highest BCUT2D eigenvalue weighted by atomic mass is 127. The second-order valence-corrected chi connectivity index (χ2v) is 6.68. The van der Waals surface area contributed by atoms with Gasteiger partial charge in [-0.15, -0.1) is 24.0 Å². The Morgan fingerprint density at radius 1 is 1.36 bits per heavy atom. The van der Waals surface area contributed by atoms with Gasteiger partial charge in [0.25, 0.3) is 5.91 Å². The SMILES string of the molecule is CCNC(=NCc1ccc(C(N)=O)o1)NCCC1CCCC(C)C1.I. The van der Waals surface area contributed by atoms with Crippen LogP contribution in [0.1, 0.15) is 62.3 Å². The first-order chi connectivity index (χ1) is 11.6. The zero-order chi connectivity index (χ0) is 17.4. The van der Waals surface area contributed by atoms with Crippen LogP contribution in [0.2, 0.25) is 0 Å². The van der Waals surface area contributed by atoms with Crippen LogP contribution in [0.4, 0.5) is 0 Å². The average Bonchev–Trinajstić information content (AvgIpc) is 3.02. The maximum absolute atomic E-state index is 11.0.